The topological polar surface area (TPSA) is 44.7 Å². The molecule has 4 nitrogen and oxygen atoms in total. The van der Waals surface area contributed by atoms with Crippen molar-refractivity contribution in [3.63, 3.8) is 0 Å². The van der Waals surface area contributed by atoms with Gasteiger partial charge in [-0.1, -0.05) is 6.92 Å². The van der Waals surface area contributed by atoms with Gasteiger partial charge in [0.1, 0.15) is 0 Å². The van der Waals surface area contributed by atoms with Gasteiger partial charge in [0.2, 0.25) is 0 Å². The summed E-state index contributed by atoms with van der Waals surface area (Å²) in [5.74, 6) is 0.694. The summed E-state index contributed by atoms with van der Waals surface area (Å²) in [6, 6.07) is 4.30. The number of ether oxygens (including phenoxy) is 1. The number of halogens is 1. The number of phenols is 1. The third-order valence-electron chi connectivity index (χ3n) is 3.63. The van der Waals surface area contributed by atoms with Crippen LogP contribution in [0.25, 0.3) is 0 Å². The van der Waals surface area contributed by atoms with Gasteiger partial charge in [0.05, 0.1) is 11.6 Å². The average molecular weight is 329 g/mol. The van der Waals surface area contributed by atoms with E-state index in [4.69, 9.17) is 4.74 Å². The van der Waals surface area contributed by atoms with Gasteiger partial charge in [0.15, 0.2) is 11.5 Å². The maximum atomic E-state index is 9.89. The Morgan fingerprint density at radius 3 is 2.68 bits per heavy atom. The third kappa shape index (κ3) is 3.22. The van der Waals surface area contributed by atoms with Crippen LogP contribution < -0.4 is 10.1 Å². The van der Waals surface area contributed by atoms with Crippen LogP contribution in [0.2, 0.25) is 0 Å². The van der Waals surface area contributed by atoms with E-state index in [1.807, 2.05) is 12.1 Å². The van der Waals surface area contributed by atoms with Gasteiger partial charge in [-0.25, -0.2) is 0 Å². The van der Waals surface area contributed by atoms with Gasteiger partial charge < -0.3 is 15.2 Å². The molecule has 0 aliphatic carbocycles. The van der Waals surface area contributed by atoms with Crippen LogP contribution in [-0.4, -0.2) is 43.3 Å². The smallest absolute Gasteiger partial charge is 0.172 e. The molecule has 2 N–H and O–H groups in total. The summed E-state index contributed by atoms with van der Waals surface area (Å²) in [4.78, 5) is 2.48. The van der Waals surface area contributed by atoms with E-state index in [-0.39, 0.29) is 5.75 Å². The van der Waals surface area contributed by atoms with Gasteiger partial charge >= 0.3 is 0 Å². The minimum Gasteiger partial charge on any atom is -0.503 e. The number of hydrogen-bond acceptors (Lipinski definition) is 4. The molecule has 0 spiro atoms. The van der Waals surface area contributed by atoms with Crippen LogP contribution in [0.15, 0.2) is 16.6 Å². The van der Waals surface area contributed by atoms with Gasteiger partial charge in [-0.3, -0.25) is 4.90 Å². The van der Waals surface area contributed by atoms with Crippen molar-refractivity contribution in [3.8, 4) is 11.5 Å². The first-order valence-corrected chi connectivity index (χ1v) is 7.47. The fourth-order valence-corrected chi connectivity index (χ4v) is 3.10. The predicted molar refractivity (Wildman–Crippen MR) is 79.8 cm³/mol. The predicted octanol–water partition coefficient (Wildman–Crippen LogP) is 2.52. The Bertz CT molecular complexity index is 434. The summed E-state index contributed by atoms with van der Waals surface area (Å²) in [5, 5.41) is 13.3. The number of benzene rings is 1. The number of hydrogen-bond donors (Lipinski definition) is 2. The Kier molecular flexibility index (Phi) is 5.07. The van der Waals surface area contributed by atoms with Crippen LogP contribution in [-0.2, 0) is 0 Å². The molecule has 1 atom stereocenters. The van der Waals surface area contributed by atoms with Gasteiger partial charge in [-0.05, 0) is 40.0 Å². The molecular formula is C14H21BrN2O2. The molecule has 1 saturated heterocycles. The molecule has 0 radical (unpaired) electrons. The fourth-order valence-electron chi connectivity index (χ4n) is 2.64. The number of methoxy groups -OCH3 is 1. The summed E-state index contributed by atoms with van der Waals surface area (Å²) in [6.45, 7) is 6.37. The number of rotatable bonds is 4. The molecule has 1 aromatic carbocycles. The minimum atomic E-state index is 0.168. The molecule has 5 heteroatoms. The van der Waals surface area contributed by atoms with Gasteiger partial charge in [0.25, 0.3) is 0 Å². The van der Waals surface area contributed by atoms with E-state index in [9.17, 15) is 5.11 Å². The number of aromatic hydroxyl groups is 1. The number of phenolic OH excluding ortho intramolecular Hbond substituents is 1. The lowest BCUT2D eigenvalue weighted by Crippen LogP contribution is -2.45. The highest BCUT2D eigenvalue weighted by atomic mass is 79.9. The van der Waals surface area contributed by atoms with Gasteiger partial charge in [-0.2, -0.15) is 0 Å². The first-order chi connectivity index (χ1) is 9.17. The number of nitrogens with zero attached hydrogens (tertiary/aromatic N) is 1. The van der Waals surface area contributed by atoms with Crippen LogP contribution in [0.1, 0.15) is 24.9 Å². The molecule has 1 aromatic rings. The summed E-state index contributed by atoms with van der Waals surface area (Å²) >= 11 is 3.40. The second-order valence-electron chi connectivity index (χ2n) is 4.76. The van der Waals surface area contributed by atoms with Crippen molar-refractivity contribution in [3.05, 3.63) is 22.2 Å². The molecule has 106 valence electrons. The van der Waals surface area contributed by atoms with Crippen LogP contribution >= 0.6 is 15.9 Å². The SMILES string of the molecule is CC[C@@H](c1cc(Br)c(O)c(OC)c1)N1CCNCC1. The minimum absolute atomic E-state index is 0.168. The highest BCUT2D eigenvalue weighted by Crippen LogP contribution is 2.38. The van der Waals surface area contributed by atoms with Crippen LogP contribution in [0.3, 0.4) is 0 Å². The van der Waals surface area contributed by atoms with Crippen molar-refractivity contribution in [2.75, 3.05) is 33.3 Å². The largest absolute Gasteiger partial charge is 0.503 e. The van der Waals surface area contributed by atoms with Crippen LogP contribution in [0.5, 0.6) is 11.5 Å². The molecule has 0 unspecified atom stereocenters. The Labute approximate surface area is 122 Å². The van der Waals surface area contributed by atoms with E-state index in [2.05, 4.69) is 33.1 Å². The van der Waals surface area contributed by atoms with Crippen molar-refractivity contribution in [1.29, 1.82) is 0 Å². The first kappa shape index (κ1) is 14.6. The zero-order valence-corrected chi connectivity index (χ0v) is 13.0. The van der Waals surface area contributed by atoms with E-state index in [1.165, 1.54) is 5.56 Å². The lowest BCUT2D eigenvalue weighted by molar-refractivity contribution is 0.169. The molecule has 0 aromatic heterocycles. The maximum absolute atomic E-state index is 9.89. The van der Waals surface area contributed by atoms with Gasteiger partial charge in [-0.15, -0.1) is 0 Å². The second-order valence-corrected chi connectivity index (χ2v) is 5.62. The van der Waals surface area contributed by atoms with Crippen molar-refractivity contribution in [1.82, 2.24) is 10.2 Å². The maximum Gasteiger partial charge on any atom is 0.172 e. The molecular weight excluding hydrogens is 308 g/mol. The summed E-state index contributed by atoms with van der Waals surface area (Å²) in [7, 11) is 1.58. The first-order valence-electron chi connectivity index (χ1n) is 6.68. The standard InChI is InChI=1S/C14H21BrN2O2/c1-3-12(17-6-4-16-5-7-17)10-8-11(15)14(18)13(9-10)19-2/h8-9,12,16,18H,3-7H2,1-2H3/t12-/m0/s1. The quantitative estimate of drug-likeness (QED) is 0.891. The lowest BCUT2D eigenvalue weighted by Gasteiger charge is -2.35. The monoisotopic (exact) mass is 328 g/mol. The molecule has 1 heterocycles. The fraction of sp³-hybridized carbons (Fsp3) is 0.571. The molecule has 0 saturated carbocycles. The molecule has 1 aliphatic heterocycles. The molecule has 19 heavy (non-hydrogen) atoms. The average Bonchev–Trinajstić information content (AvgIpc) is 2.44. The number of nitrogens with one attached hydrogen (secondary N) is 1. The third-order valence-corrected chi connectivity index (χ3v) is 4.24. The zero-order valence-electron chi connectivity index (χ0n) is 11.4. The Hall–Kier alpha value is -0.780. The van der Waals surface area contributed by atoms with Gasteiger partial charge in [0, 0.05) is 32.2 Å². The second kappa shape index (κ2) is 6.59. The Morgan fingerprint density at radius 1 is 1.42 bits per heavy atom. The summed E-state index contributed by atoms with van der Waals surface area (Å²) < 4.78 is 5.93. The van der Waals surface area contributed by atoms with Crippen LogP contribution in [0, 0.1) is 0 Å². The molecule has 0 amide bonds. The van der Waals surface area contributed by atoms with Crippen molar-refractivity contribution in [2.24, 2.45) is 0 Å². The molecule has 1 fully saturated rings. The molecule has 1 aliphatic rings. The normalized spacial score (nSPS) is 18.3. The summed E-state index contributed by atoms with van der Waals surface area (Å²) in [6.07, 6.45) is 1.04. The molecule has 2 rings (SSSR count). The lowest BCUT2D eigenvalue weighted by atomic mass is 10.0. The Balaban J connectivity index is 2.29. The van der Waals surface area contributed by atoms with Crippen molar-refractivity contribution < 1.29 is 9.84 Å². The highest BCUT2D eigenvalue weighted by Gasteiger charge is 2.22. The van der Waals surface area contributed by atoms with Crippen molar-refractivity contribution >= 4 is 15.9 Å². The van der Waals surface area contributed by atoms with E-state index >= 15 is 0 Å². The Morgan fingerprint density at radius 2 is 2.11 bits per heavy atom. The van der Waals surface area contributed by atoms with E-state index in [0.29, 0.717) is 16.3 Å². The van der Waals surface area contributed by atoms with Crippen molar-refractivity contribution in [2.45, 2.75) is 19.4 Å². The zero-order chi connectivity index (χ0) is 13.8. The molecule has 0 bridgehead atoms. The summed E-state index contributed by atoms with van der Waals surface area (Å²) in [5.41, 5.74) is 1.19. The highest BCUT2D eigenvalue weighted by molar-refractivity contribution is 9.10. The van der Waals surface area contributed by atoms with E-state index in [0.717, 1.165) is 32.6 Å². The van der Waals surface area contributed by atoms with Crippen LogP contribution in [0.4, 0.5) is 0 Å². The van der Waals surface area contributed by atoms with E-state index in [1.54, 1.807) is 7.11 Å². The number of piperazine rings is 1. The van der Waals surface area contributed by atoms with E-state index < -0.39 is 0 Å².